The number of carbonyl (C=O) groups excluding carboxylic acids is 1. The number of aromatic nitrogens is 2. The van der Waals surface area contributed by atoms with Gasteiger partial charge in [0.15, 0.2) is 0 Å². The van der Waals surface area contributed by atoms with Crippen LogP contribution in [0.15, 0.2) is 42.9 Å². The molecule has 2 aromatic heterocycles. The quantitative estimate of drug-likeness (QED) is 0.817. The van der Waals surface area contributed by atoms with Crippen LogP contribution in [-0.2, 0) is 5.75 Å². The van der Waals surface area contributed by atoms with Crippen LogP contribution < -0.4 is 0 Å². The van der Waals surface area contributed by atoms with Crippen molar-refractivity contribution in [3.8, 4) is 0 Å². The molecule has 0 saturated heterocycles. The van der Waals surface area contributed by atoms with E-state index in [9.17, 15) is 4.79 Å². The van der Waals surface area contributed by atoms with Crippen LogP contribution in [0.25, 0.3) is 0 Å². The van der Waals surface area contributed by atoms with Gasteiger partial charge in [0.05, 0.1) is 6.04 Å². The van der Waals surface area contributed by atoms with Crippen LogP contribution >= 0.6 is 11.8 Å². The summed E-state index contributed by atoms with van der Waals surface area (Å²) < 4.78 is 0. The molecule has 1 amide bonds. The van der Waals surface area contributed by atoms with Crippen molar-refractivity contribution in [2.75, 3.05) is 12.8 Å². The monoisotopic (exact) mass is 315 g/mol. The second-order valence-corrected chi connectivity index (χ2v) is 5.86. The van der Waals surface area contributed by atoms with Crippen molar-refractivity contribution in [1.29, 1.82) is 0 Å². The molecule has 0 fully saturated rings. The molecule has 4 nitrogen and oxygen atoms in total. The van der Waals surface area contributed by atoms with Crippen molar-refractivity contribution in [3.05, 3.63) is 59.7 Å². The summed E-state index contributed by atoms with van der Waals surface area (Å²) >= 11 is 1.69. The lowest BCUT2D eigenvalue weighted by atomic mass is 10.1. The molecular weight excluding hydrogens is 294 g/mol. The molecule has 0 bridgehead atoms. The van der Waals surface area contributed by atoms with Crippen LogP contribution in [0, 0.1) is 0 Å². The Morgan fingerprint density at radius 3 is 2.73 bits per heavy atom. The van der Waals surface area contributed by atoms with Crippen LogP contribution in [-0.4, -0.2) is 33.6 Å². The summed E-state index contributed by atoms with van der Waals surface area (Å²) in [4.78, 5) is 23.2. The molecular formula is C17H21N3OS. The maximum absolute atomic E-state index is 12.9. The lowest BCUT2D eigenvalue weighted by Crippen LogP contribution is -2.34. The number of hydrogen-bond donors (Lipinski definition) is 0. The largest absolute Gasteiger partial charge is 0.331 e. The van der Waals surface area contributed by atoms with Crippen molar-refractivity contribution < 1.29 is 4.79 Å². The first-order valence-electron chi connectivity index (χ1n) is 7.32. The molecule has 116 valence electrons. The van der Waals surface area contributed by atoms with Gasteiger partial charge in [-0.25, -0.2) is 0 Å². The van der Waals surface area contributed by atoms with E-state index in [1.54, 1.807) is 24.2 Å². The SMILES string of the molecule is CCN(C(=O)c1ncccc1CSC)C(C)c1cccnc1. The van der Waals surface area contributed by atoms with E-state index in [-0.39, 0.29) is 11.9 Å². The lowest BCUT2D eigenvalue weighted by Gasteiger charge is -2.28. The zero-order chi connectivity index (χ0) is 15.9. The van der Waals surface area contributed by atoms with Crippen molar-refractivity contribution in [2.45, 2.75) is 25.6 Å². The van der Waals surface area contributed by atoms with Gasteiger partial charge in [0.25, 0.3) is 5.91 Å². The first-order chi connectivity index (χ1) is 10.7. The summed E-state index contributed by atoms with van der Waals surface area (Å²) in [6.45, 7) is 4.64. The molecule has 1 unspecified atom stereocenters. The third-order valence-corrected chi connectivity index (χ3v) is 4.23. The van der Waals surface area contributed by atoms with Crippen molar-refractivity contribution in [1.82, 2.24) is 14.9 Å². The number of pyridine rings is 2. The maximum atomic E-state index is 12.9. The summed E-state index contributed by atoms with van der Waals surface area (Å²) in [5.74, 6) is 0.761. The first-order valence-corrected chi connectivity index (χ1v) is 8.72. The number of carbonyl (C=O) groups is 1. The third-order valence-electron chi connectivity index (χ3n) is 3.63. The average molecular weight is 315 g/mol. The van der Waals surface area contributed by atoms with Gasteiger partial charge in [-0.2, -0.15) is 11.8 Å². The minimum absolute atomic E-state index is 0.0245. The van der Waals surface area contributed by atoms with Crippen LogP contribution in [0.2, 0.25) is 0 Å². The van der Waals surface area contributed by atoms with Crippen molar-refractivity contribution >= 4 is 17.7 Å². The molecule has 2 aromatic rings. The highest BCUT2D eigenvalue weighted by Crippen LogP contribution is 2.22. The average Bonchev–Trinajstić information content (AvgIpc) is 2.57. The van der Waals surface area contributed by atoms with Crippen LogP contribution in [0.1, 0.15) is 41.5 Å². The molecule has 0 radical (unpaired) electrons. The standard InChI is InChI=1S/C17H21N3OS/c1-4-20(13(2)14-7-5-9-18-11-14)17(21)16-15(12-22-3)8-6-10-19-16/h5-11,13H,4,12H2,1-3H3. The highest BCUT2D eigenvalue weighted by atomic mass is 32.2. The van der Waals surface area contributed by atoms with E-state index < -0.39 is 0 Å². The van der Waals surface area contributed by atoms with E-state index in [1.807, 2.05) is 55.5 Å². The number of thioether (sulfide) groups is 1. The number of nitrogens with zero attached hydrogens (tertiary/aromatic N) is 3. The topological polar surface area (TPSA) is 46.1 Å². The van der Waals surface area contributed by atoms with E-state index in [4.69, 9.17) is 0 Å². The number of rotatable bonds is 6. The molecule has 0 aliphatic heterocycles. The van der Waals surface area contributed by atoms with Gasteiger partial charge < -0.3 is 4.90 Å². The molecule has 5 heteroatoms. The minimum atomic E-state index is -0.0321. The molecule has 0 aromatic carbocycles. The fourth-order valence-electron chi connectivity index (χ4n) is 2.44. The summed E-state index contributed by atoms with van der Waals surface area (Å²) in [5.41, 5.74) is 2.56. The Bertz CT molecular complexity index is 618. The molecule has 0 aliphatic rings. The van der Waals surface area contributed by atoms with E-state index in [0.717, 1.165) is 16.9 Å². The van der Waals surface area contributed by atoms with Crippen molar-refractivity contribution in [3.63, 3.8) is 0 Å². The van der Waals surface area contributed by atoms with E-state index >= 15 is 0 Å². The van der Waals surface area contributed by atoms with Crippen molar-refractivity contribution in [2.24, 2.45) is 0 Å². The minimum Gasteiger partial charge on any atom is -0.331 e. The Hall–Kier alpha value is -1.88. The summed E-state index contributed by atoms with van der Waals surface area (Å²) in [6.07, 6.45) is 7.25. The Labute approximate surface area is 136 Å². The third kappa shape index (κ3) is 3.65. The highest BCUT2D eigenvalue weighted by Gasteiger charge is 2.24. The lowest BCUT2D eigenvalue weighted by molar-refractivity contribution is 0.0695. The smallest absolute Gasteiger partial charge is 0.273 e. The Balaban J connectivity index is 2.29. The number of hydrogen-bond acceptors (Lipinski definition) is 4. The predicted octanol–water partition coefficient (Wildman–Crippen LogP) is 3.56. The Morgan fingerprint density at radius 2 is 2.09 bits per heavy atom. The highest BCUT2D eigenvalue weighted by molar-refractivity contribution is 7.97. The van der Waals surface area contributed by atoms with Gasteiger partial charge in [-0.15, -0.1) is 0 Å². The van der Waals surface area contributed by atoms with Gasteiger partial charge in [-0.05, 0) is 43.4 Å². The van der Waals surface area contributed by atoms with Crippen LogP contribution in [0.5, 0.6) is 0 Å². The Kier molecular flexibility index (Phi) is 5.95. The summed E-state index contributed by atoms with van der Waals surface area (Å²) in [5, 5.41) is 0. The fourth-order valence-corrected chi connectivity index (χ4v) is 2.98. The van der Waals surface area contributed by atoms with E-state index in [2.05, 4.69) is 9.97 Å². The van der Waals surface area contributed by atoms with Gasteiger partial charge in [0, 0.05) is 30.9 Å². The molecule has 0 saturated carbocycles. The van der Waals surface area contributed by atoms with Gasteiger partial charge in [-0.1, -0.05) is 12.1 Å². The molecule has 1 atom stereocenters. The number of amides is 1. The summed E-state index contributed by atoms with van der Waals surface area (Å²) in [6, 6.07) is 7.71. The zero-order valence-electron chi connectivity index (χ0n) is 13.2. The zero-order valence-corrected chi connectivity index (χ0v) is 14.0. The second kappa shape index (κ2) is 7.94. The van der Waals surface area contributed by atoms with Crippen LogP contribution in [0.4, 0.5) is 0 Å². The van der Waals surface area contributed by atoms with E-state index in [0.29, 0.717) is 12.2 Å². The van der Waals surface area contributed by atoms with E-state index in [1.165, 1.54) is 0 Å². The predicted molar refractivity (Wildman–Crippen MR) is 90.8 cm³/mol. The molecule has 0 N–H and O–H groups in total. The molecule has 0 spiro atoms. The fraction of sp³-hybridized carbons (Fsp3) is 0.353. The molecule has 22 heavy (non-hydrogen) atoms. The van der Waals surface area contributed by atoms with Crippen LogP contribution in [0.3, 0.4) is 0 Å². The van der Waals surface area contributed by atoms with Gasteiger partial charge >= 0.3 is 0 Å². The van der Waals surface area contributed by atoms with Gasteiger partial charge in [0.2, 0.25) is 0 Å². The van der Waals surface area contributed by atoms with Gasteiger partial charge in [0.1, 0.15) is 5.69 Å². The first kappa shape index (κ1) is 16.5. The molecule has 2 rings (SSSR count). The second-order valence-electron chi connectivity index (χ2n) is 5.00. The molecule has 0 aliphatic carbocycles. The maximum Gasteiger partial charge on any atom is 0.273 e. The Morgan fingerprint density at radius 1 is 1.32 bits per heavy atom. The normalized spacial score (nSPS) is 12.0. The van der Waals surface area contributed by atoms with Gasteiger partial charge in [-0.3, -0.25) is 14.8 Å². The summed E-state index contributed by atoms with van der Waals surface area (Å²) in [7, 11) is 0. The molecule has 2 heterocycles.